The van der Waals surface area contributed by atoms with Gasteiger partial charge in [-0.05, 0) is 25.7 Å². The molecule has 2 N–H and O–H groups in total. The maximum absolute atomic E-state index is 6.38. The average molecular weight is 358 g/mol. The zero-order chi connectivity index (χ0) is 14.7. The molecule has 0 saturated carbocycles. The first-order valence-corrected chi connectivity index (χ1v) is 7.53. The van der Waals surface area contributed by atoms with Crippen LogP contribution in [-0.4, -0.2) is 35.3 Å². The monoisotopic (exact) mass is 356 g/mol. The van der Waals surface area contributed by atoms with E-state index in [2.05, 4.69) is 25.9 Å². The lowest BCUT2D eigenvalue weighted by Gasteiger charge is -2.18. The van der Waals surface area contributed by atoms with Crippen molar-refractivity contribution in [1.82, 2.24) is 14.7 Å². The van der Waals surface area contributed by atoms with Gasteiger partial charge in [0, 0.05) is 11.0 Å². The third-order valence-corrected chi connectivity index (χ3v) is 4.14. The van der Waals surface area contributed by atoms with Crippen molar-refractivity contribution in [3.8, 4) is 0 Å². The summed E-state index contributed by atoms with van der Waals surface area (Å²) in [6.45, 7) is 1.64. The molecule has 108 valence electrons. The van der Waals surface area contributed by atoms with Crippen molar-refractivity contribution in [3.63, 3.8) is 0 Å². The summed E-state index contributed by atoms with van der Waals surface area (Å²) in [6, 6.07) is 7.60. The first-order chi connectivity index (χ1) is 9.50. The lowest BCUT2D eigenvalue weighted by Crippen LogP contribution is -2.23. The molecular formula is C14H18BrClN4. The first kappa shape index (κ1) is 15.5. The normalized spacial score (nSPS) is 12.9. The molecule has 2 aromatic rings. The van der Waals surface area contributed by atoms with Crippen molar-refractivity contribution < 1.29 is 0 Å². The van der Waals surface area contributed by atoms with Crippen LogP contribution >= 0.6 is 27.5 Å². The molecule has 20 heavy (non-hydrogen) atoms. The van der Waals surface area contributed by atoms with Crippen LogP contribution in [0.4, 0.5) is 0 Å². The van der Waals surface area contributed by atoms with Gasteiger partial charge in [0.05, 0.1) is 29.5 Å². The molecule has 0 spiro atoms. The molecule has 0 aliphatic carbocycles. The summed E-state index contributed by atoms with van der Waals surface area (Å²) in [5, 5.41) is 4.93. The van der Waals surface area contributed by atoms with Gasteiger partial charge >= 0.3 is 0 Å². The summed E-state index contributed by atoms with van der Waals surface area (Å²) in [7, 11) is 4.05. The number of hydrogen-bond donors (Lipinski definition) is 1. The van der Waals surface area contributed by atoms with Crippen LogP contribution in [-0.2, 0) is 6.54 Å². The largest absolute Gasteiger partial charge is 0.319 e. The quantitative estimate of drug-likeness (QED) is 0.895. The van der Waals surface area contributed by atoms with Gasteiger partial charge in [0.2, 0.25) is 0 Å². The van der Waals surface area contributed by atoms with Gasteiger partial charge in [0.1, 0.15) is 0 Å². The van der Waals surface area contributed by atoms with Crippen molar-refractivity contribution in [2.45, 2.75) is 12.6 Å². The molecule has 1 aromatic heterocycles. The number of benzene rings is 1. The van der Waals surface area contributed by atoms with Gasteiger partial charge in [-0.25, -0.2) is 0 Å². The zero-order valence-corrected chi connectivity index (χ0v) is 13.9. The van der Waals surface area contributed by atoms with Crippen LogP contribution in [0.2, 0.25) is 5.02 Å². The standard InChI is InChI=1S/C14H18BrClN4/c1-19(2)7-8-20-14(12(16)9-18-20)13(17)10-5-3-4-6-11(10)15/h3-6,9,13H,7-8,17H2,1-2H3. The summed E-state index contributed by atoms with van der Waals surface area (Å²) in [6.07, 6.45) is 1.66. The number of rotatable bonds is 5. The van der Waals surface area contributed by atoms with Crippen molar-refractivity contribution in [1.29, 1.82) is 0 Å². The van der Waals surface area contributed by atoms with Crippen LogP contribution in [0.1, 0.15) is 17.3 Å². The second-order valence-electron chi connectivity index (χ2n) is 4.90. The molecule has 6 heteroatoms. The Bertz CT molecular complexity index is 582. The van der Waals surface area contributed by atoms with Crippen LogP contribution in [0.25, 0.3) is 0 Å². The van der Waals surface area contributed by atoms with Crippen LogP contribution < -0.4 is 5.73 Å². The van der Waals surface area contributed by atoms with Gasteiger partial charge in [0.15, 0.2) is 0 Å². The number of nitrogens with two attached hydrogens (primary N) is 1. The minimum absolute atomic E-state index is 0.303. The molecule has 2 rings (SSSR count). The van der Waals surface area contributed by atoms with E-state index in [-0.39, 0.29) is 6.04 Å². The highest BCUT2D eigenvalue weighted by Gasteiger charge is 2.20. The van der Waals surface area contributed by atoms with Crippen molar-refractivity contribution in [2.75, 3.05) is 20.6 Å². The topological polar surface area (TPSA) is 47.1 Å². The van der Waals surface area contributed by atoms with E-state index in [0.29, 0.717) is 5.02 Å². The van der Waals surface area contributed by atoms with Crippen molar-refractivity contribution in [3.05, 3.63) is 51.2 Å². The first-order valence-electron chi connectivity index (χ1n) is 6.36. The lowest BCUT2D eigenvalue weighted by molar-refractivity contribution is 0.368. The van der Waals surface area contributed by atoms with Crippen LogP contribution in [0.3, 0.4) is 0 Å². The fourth-order valence-electron chi connectivity index (χ4n) is 2.03. The van der Waals surface area contributed by atoms with Crippen LogP contribution in [0, 0.1) is 0 Å². The Hall–Kier alpha value is -0.880. The minimum atomic E-state index is -0.303. The van der Waals surface area contributed by atoms with E-state index in [1.54, 1.807) is 6.20 Å². The van der Waals surface area contributed by atoms with Crippen LogP contribution in [0.15, 0.2) is 34.9 Å². The van der Waals surface area contributed by atoms with E-state index in [9.17, 15) is 0 Å². The number of nitrogens with zero attached hydrogens (tertiary/aromatic N) is 3. The molecule has 0 aliphatic rings. The van der Waals surface area contributed by atoms with Crippen molar-refractivity contribution in [2.24, 2.45) is 5.73 Å². The fraction of sp³-hybridized carbons (Fsp3) is 0.357. The minimum Gasteiger partial charge on any atom is -0.319 e. The number of aromatic nitrogens is 2. The fourth-order valence-corrected chi connectivity index (χ4v) is 2.82. The van der Waals surface area contributed by atoms with Gasteiger partial charge < -0.3 is 10.6 Å². The van der Waals surface area contributed by atoms with Gasteiger partial charge in [0.25, 0.3) is 0 Å². The molecule has 0 amide bonds. The zero-order valence-electron chi connectivity index (χ0n) is 11.6. The summed E-state index contributed by atoms with van der Waals surface area (Å²) in [4.78, 5) is 2.10. The number of halogens is 2. The molecule has 4 nitrogen and oxygen atoms in total. The van der Waals surface area contributed by atoms with E-state index in [4.69, 9.17) is 17.3 Å². The molecule has 1 atom stereocenters. The third-order valence-electron chi connectivity index (χ3n) is 3.13. The molecule has 1 heterocycles. The van der Waals surface area contributed by atoms with Gasteiger partial charge in [-0.15, -0.1) is 0 Å². The highest BCUT2D eigenvalue weighted by atomic mass is 79.9. The maximum Gasteiger partial charge on any atom is 0.0837 e. The summed E-state index contributed by atoms with van der Waals surface area (Å²) < 4.78 is 2.86. The molecule has 1 unspecified atom stereocenters. The third kappa shape index (κ3) is 3.41. The van der Waals surface area contributed by atoms with Gasteiger partial charge in [-0.2, -0.15) is 5.10 Å². The highest BCUT2D eigenvalue weighted by molar-refractivity contribution is 9.10. The van der Waals surface area contributed by atoms with E-state index < -0.39 is 0 Å². The second-order valence-corrected chi connectivity index (χ2v) is 6.16. The Balaban J connectivity index is 2.32. The Morgan fingerprint density at radius 1 is 1.40 bits per heavy atom. The average Bonchev–Trinajstić information content (AvgIpc) is 2.77. The highest BCUT2D eigenvalue weighted by Crippen LogP contribution is 2.30. The molecule has 0 radical (unpaired) electrons. The summed E-state index contributed by atoms with van der Waals surface area (Å²) in [5.41, 5.74) is 8.23. The summed E-state index contributed by atoms with van der Waals surface area (Å²) in [5.74, 6) is 0. The Kier molecular flexibility index (Phi) is 5.21. The van der Waals surface area contributed by atoms with Crippen molar-refractivity contribution >= 4 is 27.5 Å². The molecule has 0 saturated heterocycles. The Morgan fingerprint density at radius 3 is 2.75 bits per heavy atom. The SMILES string of the molecule is CN(C)CCn1ncc(Cl)c1C(N)c1ccccc1Br. The molecule has 0 fully saturated rings. The molecule has 0 bridgehead atoms. The van der Waals surface area contributed by atoms with E-state index in [1.807, 2.05) is 43.0 Å². The predicted octanol–water partition coefficient (Wildman–Crippen LogP) is 2.91. The van der Waals surface area contributed by atoms with E-state index in [0.717, 1.165) is 28.8 Å². The number of likely N-dealkylation sites (N-methyl/N-ethyl adjacent to an activating group) is 1. The Morgan fingerprint density at radius 2 is 2.10 bits per heavy atom. The molecular weight excluding hydrogens is 340 g/mol. The maximum atomic E-state index is 6.38. The van der Waals surface area contributed by atoms with Gasteiger partial charge in [-0.3, -0.25) is 4.68 Å². The Labute approximate surface area is 132 Å². The summed E-state index contributed by atoms with van der Waals surface area (Å²) >= 11 is 9.80. The van der Waals surface area contributed by atoms with E-state index >= 15 is 0 Å². The van der Waals surface area contributed by atoms with Gasteiger partial charge in [-0.1, -0.05) is 45.7 Å². The predicted molar refractivity (Wildman–Crippen MR) is 86.0 cm³/mol. The van der Waals surface area contributed by atoms with Crippen LogP contribution in [0.5, 0.6) is 0 Å². The second kappa shape index (κ2) is 6.72. The van der Waals surface area contributed by atoms with E-state index in [1.165, 1.54) is 0 Å². The molecule has 1 aromatic carbocycles. The smallest absolute Gasteiger partial charge is 0.0837 e. The lowest BCUT2D eigenvalue weighted by atomic mass is 10.0. The number of hydrogen-bond acceptors (Lipinski definition) is 3. The molecule has 0 aliphatic heterocycles.